The number of nitrogens with two attached hydrogens (primary N) is 1. The van der Waals surface area contributed by atoms with Crippen molar-refractivity contribution in [3.63, 3.8) is 0 Å². The topological polar surface area (TPSA) is 107 Å². The van der Waals surface area contributed by atoms with Crippen molar-refractivity contribution in [2.75, 3.05) is 17.7 Å². The number of nitrogens with one attached hydrogen (secondary N) is 1. The number of nitrogen functional groups attached to an aromatic ring is 1. The molecule has 8 heteroatoms. The molecule has 0 aromatic carbocycles. The Morgan fingerprint density at radius 1 is 1.65 bits per heavy atom. The first kappa shape index (κ1) is 13.5. The maximum absolute atomic E-state index is 11.5. The maximum Gasteiger partial charge on any atom is 0.241 e. The van der Waals surface area contributed by atoms with Crippen LogP contribution in [0, 0.1) is 0 Å². The summed E-state index contributed by atoms with van der Waals surface area (Å²) in [7, 11) is -3.09. The standard InChI is InChI=1S/C9H16N4O3S/c1-7(6-17(2,15)16)12-9(14)5-13-4-8(10)3-11-13/h3-4,7H,5-6,10H2,1-2H3,(H,12,14). The van der Waals surface area contributed by atoms with Crippen molar-refractivity contribution >= 4 is 21.4 Å². The molecule has 1 rings (SSSR count). The van der Waals surface area contributed by atoms with Crippen molar-refractivity contribution in [1.29, 1.82) is 0 Å². The van der Waals surface area contributed by atoms with Gasteiger partial charge in [0.1, 0.15) is 16.4 Å². The molecule has 0 aliphatic rings. The number of nitrogens with zero attached hydrogens (tertiary/aromatic N) is 2. The molecule has 0 aliphatic heterocycles. The Labute approximate surface area is 99.9 Å². The van der Waals surface area contributed by atoms with Gasteiger partial charge in [0, 0.05) is 18.5 Å². The Morgan fingerprint density at radius 2 is 2.29 bits per heavy atom. The molecule has 0 fully saturated rings. The third kappa shape index (κ3) is 5.34. The van der Waals surface area contributed by atoms with Crippen LogP contribution in [-0.2, 0) is 21.2 Å². The summed E-state index contributed by atoms with van der Waals surface area (Å²) >= 11 is 0. The zero-order chi connectivity index (χ0) is 13.1. The fourth-order valence-electron chi connectivity index (χ4n) is 1.43. The highest BCUT2D eigenvalue weighted by Crippen LogP contribution is 1.97. The second-order valence-electron chi connectivity index (χ2n) is 4.03. The number of rotatable bonds is 5. The molecule has 1 atom stereocenters. The van der Waals surface area contributed by atoms with Crippen LogP contribution in [-0.4, -0.2) is 42.2 Å². The van der Waals surface area contributed by atoms with E-state index in [4.69, 9.17) is 5.73 Å². The highest BCUT2D eigenvalue weighted by atomic mass is 32.2. The molecule has 0 saturated heterocycles. The molecular weight excluding hydrogens is 244 g/mol. The highest BCUT2D eigenvalue weighted by Gasteiger charge is 2.13. The van der Waals surface area contributed by atoms with Crippen molar-refractivity contribution in [3.05, 3.63) is 12.4 Å². The largest absolute Gasteiger partial charge is 0.396 e. The summed E-state index contributed by atoms with van der Waals surface area (Å²) in [6.07, 6.45) is 4.10. The summed E-state index contributed by atoms with van der Waals surface area (Å²) in [4.78, 5) is 11.5. The zero-order valence-electron chi connectivity index (χ0n) is 9.75. The van der Waals surface area contributed by atoms with Crippen molar-refractivity contribution in [3.8, 4) is 0 Å². The number of hydrogen-bond acceptors (Lipinski definition) is 5. The molecule has 17 heavy (non-hydrogen) atoms. The van der Waals surface area contributed by atoms with Gasteiger partial charge in [-0.05, 0) is 6.92 Å². The number of anilines is 1. The van der Waals surface area contributed by atoms with Gasteiger partial charge < -0.3 is 11.1 Å². The van der Waals surface area contributed by atoms with Gasteiger partial charge in [0.05, 0.1) is 17.6 Å². The molecule has 3 N–H and O–H groups in total. The lowest BCUT2D eigenvalue weighted by Crippen LogP contribution is -2.39. The van der Waals surface area contributed by atoms with Crippen molar-refractivity contribution in [1.82, 2.24) is 15.1 Å². The lowest BCUT2D eigenvalue weighted by Gasteiger charge is -2.12. The number of sulfone groups is 1. The average molecular weight is 260 g/mol. The maximum atomic E-state index is 11.5. The summed E-state index contributed by atoms with van der Waals surface area (Å²) in [6.45, 7) is 1.65. The Balaban J connectivity index is 2.45. The number of aromatic nitrogens is 2. The first-order chi connectivity index (χ1) is 7.76. The third-order valence-electron chi connectivity index (χ3n) is 1.92. The summed E-state index contributed by atoms with van der Waals surface area (Å²) in [5, 5.41) is 6.42. The number of amides is 1. The van der Waals surface area contributed by atoms with Gasteiger partial charge in [-0.2, -0.15) is 5.10 Å². The Hall–Kier alpha value is -1.57. The van der Waals surface area contributed by atoms with Crippen LogP contribution in [0.5, 0.6) is 0 Å². The average Bonchev–Trinajstić information content (AvgIpc) is 2.46. The van der Waals surface area contributed by atoms with Crippen LogP contribution in [0.1, 0.15) is 6.92 Å². The van der Waals surface area contributed by atoms with E-state index < -0.39 is 15.9 Å². The molecule has 96 valence electrons. The molecule has 0 aliphatic carbocycles. The van der Waals surface area contributed by atoms with Gasteiger partial charge in [0.15, 0.2) is 0 Å². The second-order valence-corrected chi connectivity index (χ2v) is 6.22. The van der Waals surface area contributed by atoms with Gasteiger partial charge in [0.25, 0.3) is 0 Å². The molecule has 0 spiro atoms. The third-order valence-corrected chi connectivity index (χ3v) is 3.02. The van der Waals surface area contributed by atoms with Crippen molar-refractivity contribution in [2.45, 2.75) is 19.5 Å². The van der Waals surface area contributed by atoms with Crippen LogP contribution >= 0.6 is 0 Å². The Kier molecular flexibility index (Phi) is 4.11. The molecule has 0 radical (unpaired) electrons. The van der Waals surface area contributed by atoms with Gasteiger partial charge in [-0.25, -0.2) is 8.42 Å². The van der Waals surface area contributed by atoms with E-state index in [0.717, 1.165) is 6.26 Å². The van der Waals surface area contributed by atoms with Gasteiger partial charge in [-0.3, -0.25) is 9.48 Å². The lowest BCUT2D eigenvalue weighted by atomic mass is 10.4. The van der Waals surface area contributed by atoms with E-state index in [1.54, 1.807) is 6.92 Å². The second kappa shape index (κ2) is 5.17. The summed E-state index contributed by atoms with van der Waals surface area (Å²) in [5.41, 5.74) is 5.92. The fraction of sp³-hybridized carbons (Fsp3) is 0.556. The highest BCUT2D eigenvalue weighted by molar-refractivity contribution is 7.90. The lowest BCUT2D eigenvalue weighted by molar-refractivity contribution is -0.122. The smallest absolute Gasteiger partial charge is 0.241 e. The molecule has 1 amide bonds. The molecule has 0 saturated carbocycles. The van der Waals surface area contributed by atoms with Crippen LogP contribution < -0.4 is 11.1 Å². The molecule has 1 aromatic heterocycles. The Bertz CT molecular complexity index is 494. The van der Waals surface area contributed by atoms with E-state index in [0.29, 0.717) is 5.69 Å². The van der Waals surface area contributed by atoms with Crippen molar-refractivity contribution < 1.29 is 13.2 Å². The Morgan fingerprint density at radius 3 is 2.76 bits per heavy atom. The van der Waals surface area contributed by atoms with Crippen LogP contribution in [0.3, 0.4) is 0 Å². The van der Waals surface area contributed by atoms with Crippen LogP contribution in [0.4, 0.5) is 5.69 Å². The van der Waals surface area contributed by atoms with E-state index in [9.17, 15) is 13.2 Å². The summed E-state index contributed by atoms with van der Waals surface area (Å²) in [5.74, 6) is -0.385. The predicted octanol–water partition coefficient (Wildman–Crippen LogP) is -0.985. The van der Waals surface area contributed by atoms with Gasteiger partial charge in [-0.15, -0.1) is 0 Å². The van der Waals surface area contributed by atoms with Crippen molar-refractivity contribution in [2.24, 2.45) is 0 Å². The van der Waals surface area contributed by atoms with E-state index in [2.05, 4.69) is 10.4 Å². The van der Waals surface area contributed by atoms with E-state index >= 15 is 0 Å². The van der Waals surface area contributed by atoms with Crippen LogP contribution in [0.15, 0.2) is 12.4 Å². The first-order valence-electron chi connectivity index (χ1n) is 5.01. The number of carbonyl (C=O) groups is 1. The van der Waals surface area contributed by atoms with E-state index in [1.807, 2.05) is 0 Å². The van der Waals surface area contributed by atoms with Gasteiger partial charge >= 0.3 is 0 Å². The molecule has 1 aromatic rings. The quantitative estimate of drug-likeness (QED) is 0.707. The van der Waals surface area contributed by atoms with Gasteiger partial charge in [-0.1, -0.05) is 0 Å². The monoisotopic (exact) mass is 260 g/mol. The molecular formula is C9H16N4O3S. The minimum atomic E-state index is -3.09. The predicted molar refractivity (Wildman–Crippen MR) is 64.0 cm³/mol. The molecule has 7 nitrogen and oxygen atoms in total. The fourth-order valence-corrected chi connectivity index (χ4v) is 2.42. The SMILES string of the molecule is CC(CS(C)(=O)=O)NC(=O)Cn1cc(N)cn1. The van der Waals surface area contributed by atoms with Crippen LogP contribution in [0.2, 0.25) is 0 Å². The van der Waals surface area contributed by atoms with Crippen LogP contribution in [0.25, 0.3) is 0 Å². The molecule has 0 bridgehead atoms. The molecule has 1 unspecified atom stereocenters. The molecule has 1 heterocycles. The number of hydrogen-bond donors (Lipinski definition) is 2. The summed E-state index contributed by atoms with van der Waals surface area (Å²) < 4.78 is 23.4. The minimum absolute atomic E-state index is 0.0191. The van der Waals surface area contributed by atoms with Gasteiger partial charge in [0.2, 0.25) is 5.91 Å². The van der Waals surface area contributed by atoms with E-state index in [1.165, 1.54) is 17.1 Å². The minimum Gasteiger partial charge on any atom is -0.396 e. The number of carbonyl (C=O) groups excluding carboxylic acids is 1. The zero-order valence-corrected chi connectivity index (χ0v) is 10.6. The first-order valence-corrected chi connectivity index (χ1v) is 7.07. The normalized spacial score (nSPS) is 13.3. The summed E-state index contributed by atoms with van der Waals surface area (Å²) in [6, 6.07) is -0.426. The van der Waals surface area contributed by atoms with E-state index in [-0.39, 0.29) is 18.2 Å².